The van der Waals surface area contributed by atoms with Gasteiger partial charge in [0.15, 0.2) is 11.5 Å². The fourth-order valence-corrected chi connectivity index (χ4v) is 2.05. The summed E-state index contributed by atoms with van der Waals surface area (Å²) in [5.41, 5.74) is 0.967. The number of ether oxygens (including phenoxy) is 2. The van der Waals surface area contributed by atoms with Crippen LogP contribution in [0.25, 0.3) is 0 Å². The van der Waals surface area contributed by atoms with Crippen molar-refractivity contribution in [1.29, 1.82) is 0 Å². The van der Waals surface area contributed by atoms with Gasteiger partial charge in [-0.2, -0.15) is 0 Å². The summed E-state index contributed by atoms with van der Waals surface area (Å²) < 4.78 is 11.0. The number of nitrogens with one attached hydrogen (secondary N) is 1. The highest BCUT2D eigenvalue weighted by Gasteiger charge is 2.21. The van der Waals surface area contributed by atoms with Crippen LogP contribution >= 0.6 is 23.2 Å². The predicted molar refractivity (Wildman–Crippen MR) is 78.4 cm³/mol. The molecule has 0 radical (unpaired) electrons. The van der Waals surface area contributed by atoms with Crippen molar-refractivity contribution in [2.75, 3.05) is 13.7 Å². The molecular formula is C14H17Cl2NO2. The van der Waals surface area contributed by atoms with Crippen LogP contribution < -0.4 is 14.8 Å². The number of methoxy groups -OCH3 is 1. The Morgan fingerprint density at radius 3 is 2.79 bits per heavy atom. The van der Waals surface area contributed by atoms with E-state index in [1.165, 1.54) is 12.8 Å². The van der Waals surface area contributed by atoms with E-state index in [4.69, 9.17) is 32.7 Å². The fraction of sp³-hybridized carbons (Fsp3) is 0.429. The molecule has 0 heterocycles. The lowest BCUT2D eigenvalue weighted by atomic mass is 10.1. The molecule has 1 fully saturated rings. The Bertz CT molecular complexity index is 473. The predicted octanol–water partition coefficient (Wildman–Crippen LogP) is 3.73. The standard InChI is InChI=1S/C14H17Cl2NO2/c1-9(15)8-19-14-10(7-17-12-3-4-12)5-11(16)6-13(14)18-2/h5-6,12,17H,1,3-4,7-8H2,2H3. The van der Waals surface area contributed by atoms with E-state index in [0.717, 1.165) is 5.56 Å². The van der Waals surface area contributed by atoms with E-state index in [2.05, 4.69) is 11.9 Å². The second-order valence-electron chi connectivity index (χ2n) is 4.56. The van der Waals surface area contributed by atoms with Crippen LogP contribution in [0, 0.1) is 0 Å². The third-order valence-corrected chi connectivity index (χ3v) is 3.18. The zero-order valence-electron chi connectivity index (χ0n) is 10.8. The monoisotopic (exact) mass is 301 g/mol. The normalized spacial score (nSPS) is 14.3. The summed E-state index contributed by atoms with van der Waals surface area (Å²) in [6, 6.07) is 4.22. The van der Waals surface area contributed by atoms with E-state index in [0.29, 0.717) is 34.1 Å². The van der Waals surface area contributed by atoms with Gasteiger partial charge in [0.05, 0.1) is 7.11 Å². The third-order valence-electron chi connectivity index (χ3n) is 2.85. The maximum absolute atomic E-state index is 6.09. The first-order valence-corrected chi connectivity index (χ1v) is 6.91. The maximum atomic E-state index is 6.09. The number of rotatable bonds is 7. The Balaban J connectivity index is 2.19. The zero-order valence-corrected chi connectivity index (χ0v) is 12.4. The minimum atomic E-state index is 0.246. The van der Waals surface area contributed by atoms with E-state index < -0.39 is 0 Å². The van der Waals surface area contributed by atoms with Crippen LogP contribution in [0.4, 0.5) is 0 Å². The Kier molecular flexibility index (Phi) is 4.97. The highest BCUT2D eigenvalue weighted by molar-refractivity contribution is 6.31. The molecule has 104 valence electrons. The van der Waals surface area contributed by atoms with Crippen LogP contribution in [0.5, 0.6) is 11.5 Å². The maximum Gasteiger partial charge on any atom is 0.166 e. The van der Waals surface area contributed by atoms with Gasteiger partial charge in [0, 0.05) is 34.3 Å². The Morgan fingerprint density at radius 2 is 2.21 bits per heavy atom. The van der Waals surface area contributed by atoms with Gasteiger partial charge in [-0.05, 0) is 18.9 Å². The topological polar surface area (TPSA) is 30.5 Å². The van der Waals surface area contributed by atoms with Gasteiger partial charge in [0.25, 0.3) is 0 Å². The summed E-state index contributed by atoms with van der Waals surface area (Å²) in [5.74, 6) is 1.28. The smallest absolute Gasteiger partial charge is 0.166 e. The molecule has 1 aromatic carbocycles. The summed E-state index contributed by atoms with van der Waals surface area (Å²) in [6.07, 6.45) is 2.46. The molecule has 0 aliphatic heterocycles. The molecule has 1 N–H and O–H groups in total. The second-order valence-corrected chi connectivity index (χ2v) is 5.53. The van der Waals surface area contributed by atoms with Crippen molar-refractivity contribution in [3.05, 3.63) is 34.3 Å². The van der Waals surface area contributed by atoms with Crippen LogP contribution in [0.1, 0.15) is 18.4 Å². The molecule has 1 saturated carbocycles. The molecule has 1 aromatic rings. The highest BCUT2D eigenvalue weighted by atomic mass is 35.5. The molecule has 0 saturated heterocycles. The molecule has 0 atom stereocenters. The lowest BCUT2D eigenvalue weighted by Crippen LogP contribution is -2.16. The van der Waals surface area contributed by atoms with Crippen molar-refractivity contribution in [1.82, 2.24) is 5.32 Å². The Hall–Kier alpha value is -0.900. The van der Waals surface area contributed by atoms with E-state index in [1.807, 2.05) is 6.07 Å². The van der Waals surface area contributed by atoms with Gasteiger partial charge in [-0.3, -0.25) is 0 Å². The Labute approximate surface area is 123 Å². The number of hydrogen-bond donors (Lipinski definition) is 1. The molecule has 0 spiro atoms. The average Bonchev–Trinajstić information content (AvgIpc) is 3.17. The molecule has 3 nitrogen and oxygen atoms in total. The van der Waals surface area contributed by atoms with Crippen molar-refractivity contribution in [2.24, 2.45) is 0 Å². The van der Waals surface area contributed by atoms with Crippen LogP contribution in [-0.2, 0) is 6.54 Å². The van der Waals surface area contributed by atoms with Crippen LogP contribution in [-0.4, -0.2) is 19.8 Å². The fourth-order valence-electron chi connectivity index (χ4n) is 1.76. The Morgan fingerprint density at radius 1 is 1.47 bits per heavy atom. The largest absolute Gasteiger partial charge is 0.493 e. The van der Waals surface area contributed by atoms with Crippen LogP contribution in [0.3, 0.4) is 0 Å². The molecule has 1 aliphatic carbocycles. The van der Waals surface area contributed by atoms with Gasteiger partial charge in [-0.15, -0.1) is 0 Å². The van der Waals surface area contributed by atoms with E-state index in [9.17, 15) is 0 Å². The first-order valence-electron chi connectivity index (χ1n) is 6.16. The van der Waals surface area contributed by atoms with Gasteiger partial charge < -0.3 is 14.8 Å². The molecule has 5 heteroatoms. The average molecular weight is 302 g/mol. The molecule has 1 aliphatic rings. The first-order chi connectivity index (χ1) is 9.10. The summed E-state index contributed by atoms with van der Waals surface area (Å²) in [5, 5.41) is 4.50. The summed E-state index contributed by atoms with van der Waals surface area (Å²) in [6.45, 7) is 4.56. The second kappa shape index (κ2) is 6.51. The van der Waals surface area contributed by atoms with E-state index in [1.54, 1.807) is 13.2 Å². The summed E-state index contributed by atoms with van der Waals surface area (Å²) >= 11 is 11.8. The molecular weight excluding hydrogens is 285 g/mol. The molecule has 0 unspecified atom stereocenters. The lowest BCUT2D eigenvalue weighted by Gasteiger charge is -2.16. The van der Waals surface area contributed by atoms with E-state index in [-0.39, 0.29) is 6.61 Å². The molecule has 0 amide bonds. The molecule has 2 rings (SSSR count). The van der Waals surface area contributed by atoms with Crippen molar-refractivity contribution in [2.45, 2.75) is 25.4 Å². The number of benzene rings is 1. The highest BCUT2D eigenvalue weighted by Crippen LogP contribution is 2.35. The summed E-state index contributed by atoms with van der Waals surface area (Å²) in [4.78, 5) is 0. The van der Waals surface area contributed by atoms with Crippen molar-refractivity contribution in [3.63, 3.8) is 0 Å². The van der Waals surface area contributed by atoms with Gasteiger partial charge >= 0.3 is 0 Å². The van der Waals surface area contributed by atoms with Crippen LogP contribution in [0.2, 0.25) is 5.02 Å². The lowest BCUT2D eigenvalue weighted by molar-refractivity contribution is 0.320. The van der Waals surface area contributed by atoms with Gasteiger partial charge in [-0.1, -0.05) is 29.8 Å². The minimum Gasteiger partial charge on any atom is -0.493 e. The van der Waals surface area contributed by atoms with Gasteiger partial charge in [0.2, 0.25) is 0 Å². The molecule has 0 bridgehead atoms. The van der Waals surface area contributed by atoms with Crippen molar-refractivity contribution in [3.8, 4) is 11.5 Å². The molecule has 19 heavy (non-hydrogen) atoms. The first kappa shape index (κ1) is 14.5. The minimum absolute atomic E-state index is 0.246. The van der Waals surface area contributed by atoms with Gasteiger partial charge in [-0.25, -0.2) is 0 Å². The van der Waals surface area contributed by atoms with Crippen molar-refractivity contribution < 1.29 is 9.47 Å². The SMILES string of the molecule is C=C(Cl)COc1c(CNC2CC2)cc(Cl)cc1OC. The number of hydrogen-bond acceptors (Lipinski definition) is 3. The van der Waals surface area contributed by atoms with Gasteiger partial charge in [0.1, 0.15) is 6.61 Å². The summed E-state index contributed by atoms with van der Waals surface area (Å²) in [7, 11) is 1.59. The van der Waals surface area contributed by atoms with Crippen LogP contribution in [0.15, 0.2) is 23.7 Å². The van der Waals surface area contributed by atoms with E-state index >= 15 is 0 Å². The zero-order chi connectivity index (χ0) is 13.8. The third kappa shape index (κ3) is 4.30. The quantitative estimate of drug-likeness (QED) is 0.832. The molecule has 0 aromatic heterocycles. The van der Waals surface area contributed by atoms with Crippen molar-refractivity contribution >= 4 is 23.2 Å². The number of halogens is 2.